The molecule has 0 saturated carbocycles. The monoisotopic (exact) mass is 256 g/mol. The molecule has 1 atom stereocenters. The molecule has 1 saturated heterocycles. The highest BCUT2D eigenvalue weighted by molar-refractivity contribution is 6.69. The molecule has 0 amide bonds. The van der Waals surface area contributed by atoms with Gasteiger partial charge in [-0.2, -0.15) is 5.10 Å². The first kappa shape index (κ1) is 14.7. The highest BCUT2D eigenvalue weighted by atomic mass is 28.4. The molecule has 0 aromatic rings. The lowest BCUT2D eigenvalue weighted by molar-refractivity contribution is 0.173. The predicted molar refractivity (Wildman–Crippen MR) is 77.0 cm³/mol. The molecule has 1 rings (SSSR count). The Bertz CT molecular complexity index is 255. The molecular formula is C13H28N2OSi. The first-order chi connectivity index (χ1) is 7.96. The predicted octanol–water partition coefficient (Wildman–Crippen LogP) is 3.48. The van der Waals surface area contributed by atoms with Gasteiger partial charge >= 0.3 is 0 Å². The Kier molecular flexibility index (Phi) is 5.66. The van der Waals surface area contributed by atoms with Crippen LogP contribution in [-0.4, -0.2) is 38.2 Å². The molecule has 4 heteroatoms. The Balaban J connectivity index is 2.52. The van der Waals surface area contributed by atoms with Crippen molar-refractivity contribution in [1.29, 1.82) is 0 Å². The number of hydrogen-bond acceptors (Lipinski definition) is 3. The van der Waals surface area contributed by atoms with Crippen molar-refractivity contribution in [2.45, 2.75) is 65.2 Å². The average Bonchev–Trinajstić information content (AvgIpc) is 2.69. The van der Waals surface area contributed by atoms with Gasteiger partial charge in [0, 0.05) is 12.3 Å². The van der Waals surface area contributed by atoms with Gasteiger partial charge < -0.3 is 4.43 Å². The maximum absolute atomic E-state index is 6.02. The van der Waals surface area contributed by atoms with Crippen molar-refractivity contribution < 1.29 is 4.43 Å². The van der Waals surface area contributed by atoms with Crippen molar-refractivity contribution in [3.05, 3.63) is 0 Å². The summed E-state index contributed by atoms with van der Waals surface area (Å²) in [4.78, 5) is 0. The van der Waals surface area contributed by atoms with E-state index >= 15 is 0 Å². The van der Waals surface area contributed by atoms with Gasteiger partial charge in [-0.25, -0.2) is 0 Å². The van der Waals surface area contributed by atoms with Crippen LogP contribution in [0.25, 0.3) is 0 Å². The molecule has 0 radical (unpaired) electrons. The van der Waals surface area contributed by atoms with Gasteiger partial charge in [0.15, 0.2) is 8.32 Å². The Hall–Kier alpha value is -0.353. The number of nitrogens with zero attached hydrogens (tertiary/aromatic N) is 2. The van der Waals surface area contributed by atoms with Gasteiger partial charge in [0.25, 0.3) is 0 Å². The number of rotatable bonds is 6. The molecule has 0 aliphatic carbocycles. The molecule has 0 unspecified atom stereocenters. The van der Waals surface area contributed by atoms with Crippen LogP contribution in [0.15, 0.2) is 5.10 Å². The zero-order valence-electron chi connectivity index (χ0n) is 12.1. The van der Waals surface area contributed by atoms with Gasteiger partial charge in [0.2, 0.25) is 0 Å². The van der Waals surface area contributed by atoms with Crippen molar-refractivity contribution in [3.63, 3.8) is 0 Å². The summed E-state index contributed by atoms with van der Waals surface area (Å²) in [6.45, 7) is 13.1. The fourth-order valence-electron chi connectivity index (χ4n) is 2.04. The second-order valence-electron chi connectivity index (χ2n) is 5.76. The molecule has 0 aromatic heterocycles. The second kappa shape index (κ2) is 6.54. The van der Waals surface area contributed by atoms with E-state index in [1.54, 1.807) is 0 Å². The molecule has 100 valence electrons. The topological polar surface area (TPSA) is 24.8 Å². The van der Waals surface area contributed by atoms with E-state index in [1.165, 1.54) is 18.6 Å². The Morgan fingerprint density at radius 2 is 1.94 bits per heavy atom. The Morgan fingerprint density at radius 3 is 2.47 bits per heavy atom. The third-order valence-corrected chi connectivity index (χ3v) is 4.17. The fourth-order valence-corrected chi connectivity index (χ4v) is 2.73. The van der Waals surface area contributed by atoms with Crippen LogP contribution in [0.1, 0.15) is 39.5 Å². The molecule has 1 heterocycles. The van der Waals surface area contributed by atoms with Gasteiger partial charge in [-0.15, -0.1) is 0 Å². The van der Waals surface area contributed by atoms with Crippen molar-refractivity contribution in [2.75, 3.05) is 13.2 Å². The zero-order valence-corrected chi connectivity index (χ0v) is 13.1. The molecule has 1 aliphatic rings. The van der Waals surface area contributed by atoms with E-state index < -0.39 is 8.32 Å². The highest BCUT2D eigenvalue weighted by Crippen LogP contribution is 2.20. The molecule has 0 bridgehead atoms. The average molecular weight is 256 g/mol. The van der Waals surface area contributed by atoms with Gasteiger partial charge in [0.1, 0.15) is 0 Å². The van der Waals surface area contributed by atoms with Gasteiger partial charge in [-0.05, 0) is 45.3 Å². The zero-order chi connectivity index (χ0) is 12.9. The molecule has 1 aliphatic heterocycles. The van der Waals surface area contributed by atoms with Crippen molar-refractivity contribution in [2.24, 2.45) is 5.10 Å². The van der Waals surface area contributed by atoms with E-state index in [4.69, 9.17) is 9.53 Å². The van der Waals surface area contributed by atoms with Crippen LogP contribution >= 0.6 is 0 Å². The van der Waals surface area contributed by atoms with E-state index in [0.29, 0.717) is 6.04 Å². The summed E-state index contributed by atoms with van der Waals surface area (Å²) >= 11 is 0. The maximum atomic E-state index is 6.02. The largest absolute Gasteiger partial charge is 0.415 e. The SMILES string of the molecule is CCC(CC)=NN1CCC[C@H]1CO[Si](C)(C)C. The van der Waals surface area contributed by atoms with E-state index in [0.717, 1.165) is 26.0 Å². The summed E-state index contributed by atoms with van der Waals surface area (Å²) in [6, 6.07) is 0.509. The third kappa shape index (κ3) is 5.21. The first-order valence-electron chi connectivity index (χ1n) is 6.93. The molecular weight excluding hydrogens is 228 g/mol. The van der Waals surface area contributed by atoms with Crippen LogP contribution in [0.2, 0.25) is 19.6 Å². The van der Waals surface area contributed by atoms with E-state index in [2.05, 4.69) is 38.5 Å². The third-order valence-electron chi connectivity index (χ3n) is 3.14. The molecule has 0 N–H and O–H groups in total. The van der Waals surface area contributed by atoms with Gasteiger partial charge in [-0.1, -0.05) is 13.8 Å². The van der Waals surface area contributed by atoms with E-state index in [9.17, 15) is 0 Å². The summed E-state index contributed by atoms with van der Waals surface area (Å²) in [6.07, 6.45) is 4.61. The minimum absolute atomic E-state index is 0.509. The van der Waals surface area contributed by atoms with E-state index in [1.807, 2.05) is 0 Å². The van der Waals surface area contributed by atoms with Crippen molar-refractivity contribution in [1.82, 2.24) is 5.01 Å². The van der Waals surface area contributed by atoms with Gasteiger partial charge in [0.05, 0.1) is 12.6 Å². The van der Waals surface area contributed by atoms with Crippen LogP contribution in [0.3, 0.4) is 0 Å². The molecule has 17 heavy (non-hydrogen) atoms. The van der Waals surface area contributed by atoms with Crippen molar-refractivity contribution in [3.8, 4) is 0 Å². The Labute approximate surface area is 107 Å². The Morgan fingerprint density at radius 1 is 1.29 bits per heavy atom. The minimum atomic E-state index is -1.39. The van der Waals surface area contributed by atoms with Crippen LogP contribution in [0.4, 0.5) is 0 Å². The van der Waals surface area contributed by atoms with Crippen LogP contribution in [0, 0.1) is 0 Å². The van der Waals surface area contributed by atoms with Gasteiger partial charge in [-0.3, -0.25) is 5.01 Å². The number of hydrogen-bond donors (Lipinski definition) is 0. The summed E-state index contributed by atoms with van der Waals surface area (Å²) in [5, 5.41) is 7.05. The summed E-state index contributed by atoms with van der Waals surface area (Å²) < 4.78 is 6.02. The lowest BCUT2D eigenvalue weighted by Crippen LogP contribution is -2.35. The lowest BCUT2D eigenvalue weighted by atomic mass is 10.2. The standard InChI is InChI=1S/C13H28N2OSi/c1-6-12(7-2)14-15-10-8-9-13(15)11-16-17(3,4)5/h13H,6-11H2,1-5H3/t13-/m0/s1. The quantitative estimate of drug-likeness (QED) is 0.537. The number of hydrazone groups is 1. The molecule has 1 fully saturated rings. The van der Waals surface area contributed by atoms with E-state index in [-0.39, 0.29) is 0 Å². The first-order valence-corrected chi connectivity index (χ1v) is 10.3. The summed E-state index contributed by atoms with van der Waals surface area (Å²) in [5.41, 5.74) is 1.31. The second-order valence-corrected chi connectivity index (χ2v) is 10.3. The normalized spacial score (nSPS) is 20.8. The molecule has 0 aromatic carbocycles. The fraction of sp³-hybridized carbons (Fsp3) is 0.923. The summed E-state index contributed by atoms with van der Waals surface area (Å²) in [7, 11) is -1.39. The highest BCUT2D eigenvalue weighted by Gasteiger charge is 2.26. The van der Waals surface area contributed by atoms with Crippen LogP contribution in [0.5, 0.6) is 0 Å². The van der Waals surface area contributed by atoms with Crippen molar-refractivity contribution >= 4 is 14.0 Å². The smallest absolute Gasteiger partial charge is 0.183 e. The lowest BCUT2D eigenvalue weighted by Gasteiger charge is -2.26. The van der Waals surface area contributed by atoms with Crippen LogP contribution in [-0.2, 0) is 4.43 Å². The maximum Gasteiger partial charge on any atom is 0.183 e. The molecule has 0 spiro atoms. The molecule has 3 nitrogen and oxygen atoms in total. The minimum Gasteiger partial charge on any atom is -0.415 e. The van der Waals surface area contributed by atoms with Crippen LogP contribution < -0.4 is 0 Å². The summed E-state index contributed by atoms with van der Waals surface area (Å²) in [5.74, 6) is 0.